The van der Waals surface area contributed by atoms with Crippen LogP contribution in [0.3, 0.4) is 0 Å². The summed E-state index contributed by atoms with van der Waals surface area (Å²) >= 11 is 0. The first-order valence-electron chi connectivity index (χ1n) is 6.67. The lowest BCUT2D eigenvalue weighted by Crippen LogP contribution is -2.47. The smallest absolute Gasteiger partial charge is 0.0897 e. The van der Waals surface area contributed by atoms with Crippen LogP contribution in [0.1, 0.15) is 24.1 Å². The number of aryl methyl sites for hydroxylation is 1. The highest BCUT2D eigenvalue weighted by atomic mass is 16.5. The van der Waals surface area contributed by atoms with E-state index in [1.165, 1.54) is 11.1 Å². The van der Waals surface area contributed by atoms with Crippen molar-refractivity contribution in [2.75, 3.05) is 33.3 Å². The second-order valence-corrected chi connectivity index (χ2v) is 4.87. The quantitative estimate of drug-likeness (QED) is 0.874. The first kappa shape index (κ1) is 13.5. The van der Waals surface area contributed by atoms with Gasteiger partial charge in [0.1, 0.15) is 0 Å². The molecule has 1 aromatic rings. The zero-order valence-electron chi connectivity index (χ0n) is 11.5. The molecule has 0 spiro atoms. The highest BCUT2D eigenvalue weighted by Gasteiger charge is 2.32. The molecule has 4 nitrogen and oxygen atoms in total. The van der Waals surface area contributed by atoms with Gasteiger partial charge in [0.05, 0.1) is 18.8 Å². The molecule has 0 radical (unpaired) electrons. The van der Waals surface area contributed by atoms with Crippen LogP contribution in [0, 0.1) is 6.92 Å². The van der Waals surface area contributed by atoms with E-state index in [2.05, 4.69) is 42.2 Å². The predicted molar refractivity (Wildman–Crippen MR) is 72.6 cm³/mol. The number of ether oxygens (including phenoxy) is 1. The lowest BCUT2D eigenvalue weighted by atomic mass is 9.96. The van der Waals surface area contributed by atoms with Gasteiger partial charge in [-0.1, -0.05) is 6.92 Å². The molecule has 100 valence electrons. The molecular weight excluding hydrogens is 226 g/mol. The fourth-order valence-electron chi connectivity index (χ4n) is 2.54. The number of rotatable bonds is 4. The summed E-state index contributed by atoms with van der Waals surface area (Å²) in [6, 6.07) is 2.37. The van der Waals surface area contributed by atoms with Gasteiger partial charge in [0.2, 0.25) is 0 Å². The molecule has 1 aliphatic rings. The zero-order chi connectivity index (χ0) is 13.0. The van der Waals surface area contributed by atoms with E-state index in [9.17, 15) is 0 Å². The maximum absolute atomic E-state index is 5.94. The number of hydrogen-bond donors (Lipinski definition) is 1. The summed E-state index contributed by atoms with van der Waals surface area (Å²) in [6.45, 7) is 7.91. The molecule has 4 heteroatoms. The van der Waals surface area contributed by atoms with Crippen LogP contribution in [0.25, 0.3) is 0 Å². The Hall–Kier alpha value is -0.970. The SMILES string of the molecule is CCNCC1OCCN(C)C1c1cnccc1C. The lowest BCUT2D eigenvalue weighted by molar-refractivity contribution is -0.0614. The molecule has 0 aromatic carbocycles. The van der Waals surface area contributed by atoms with Gasteiger partial charge in [0, 0.05) is 25.5 Å². The summed E-state index contributed by atoms with van der Waals surface area (Å²) in [6.07, 6.45) is 4.03. The molecule has 1 fully saturated rings. The lowest BCUT2D eigenvalue weighted by Gasteiger charge is -2.40. The van der Waals surface area contributed by atoms with Gasteiger partial charge in [-0.25, -0.2) is 0 Å². The maximum atomic E-state index is 5.94. The van der Waals surface area contributed by atoms with Gasteiger partial charge in [-0.15, -0.1) is 0 Å². The Bertz CT molecular complexity index is 383. The molecule has 2 rings (SSSR count). The molecule has 0 saturated carbocycles. The van der Waals surface area contributed by atoms with Gasteiger partial charge in [-0.05, 0) is 37.7 Å². The molecule has 2 atom stereocenters. The van der Waals surface area contributed by atoms with Crippen molar-refractivity contribution in [1.82, 2.24) is 15.2 Å². The van der Waals surface area contributed by atoms with E-state index in [1.807, 2.05) is 12.4 Å². The minimum absolute atomic E-state index is 0.201. The normalized spacial score (nSPS) is 25.3. The highest BCUT2D eigenvalue weighted by molar-refractivity contribution is 5.26. The van der Waals surface area contributed by atoms with Crippen LogP contribution in [-0.2, 0) is 4.74 Å². The van der Waals surface area contributed by atoms with Crippen molar-refractivity contribution in [2.45, 2.75) is 26.0 Å². The van der Waals surface area contributed by atoms with Gasteiger partial charge < -0.3 is 10.1 Å². The van der Waals surface area contributed by atoms with Crippen molar-refractivity contribution in [2.24, 2.45) is 0 Å². The van der Waals surface area contributed by atoms with Gasteiger partial charge in [-0.2, -0.15) is 0 Å². The number of morpholine rings is 1. The third-order valence-electron chi connectivity index (χ3n) is 3.60. The largest absolute Gasteiger partial charge is 0.374 e. The van der Waals surface area contributed by atoms with E-state index in [0.29, 0.717) is 6.04 Å². The van der Waals surface area contributed by atoms with Crippen molar-refractivity contribution in [3.05, 3.63) is 29.6 Å². The Morgan fingerprint density at radius 2 is 2.39 bits per heavy atom. The molecule has 1 aliphatic heterocycles. The van der Waals surface area contributed by atoms with Crippen LogP contribution in [-0.4, -0.2) is 49.3 Å². The van der Waals surface area contributed by atoms with Crippen molar-refractivity contribution in [3.63, 3.8) is 0 Å². The maximum Gasteiger partial charge on any atom is 0.0897 e. The Labute approximate surface area is 109 Å². The van der Waals surface area contributed by atoms with Gasteiger partial charge in [0.25, 0.3) is 0 Å². The molecule has 0 bridgehead atoms. The van der Waals surface area contributed by atoms with Crippen molar-refractivity contribution < 1.29 is 4.74 Å². The molecule has 1 saturated heterocycles. The van der Waals surface area contributed by atoms with E-state index >= 15 is 0 Å². The van der Waals surface area contributed by atoms with Crippen LogP contribution in [0.5, 0.6) is 0 Å². The van der Waals surface area contributed by atoms with Crippen LogP contribution >= 0.6 is 0 Å². The van der Waals surface area contributed by atoms with Gasteiger partial charge in [0.15, 0.2) is 0 Å². The summed E-state index contributed by atoms with van der Waals surface area (Å²) in [5.74, 6) is 0. The van der Waals surface area contributed by atoms with Gasteiger partial charge in [-0.3, -0.25) is 9.88 Å². The Morgan fingerprint density at radius 1 is 1.56 bits per heavy atom. The Morgan fingerprint density at radius 3 is 3.11 bits per heavy atom. The third-order valence-corrected chi connectivity index (χ3v) is 3.60. The second-order valence-electron chi connectivity index (χ2n) is 4.87. The first-order valence-corrected chi connectivity index (χ1v) is 6.67. The number of likely N-dealkylation sites (N-methyl/N-ethyl adjacent to an activating group) is 2. The highest BCUT2D eigenvalue weighted by Crippen LogP contribution is 2.29. The summed E-state index contributed by atoms with van der Waals surface area (Å²) in [7, 11) is 2.17. The minimum Gasteiger partial charge on any atom is -0.374 e. The van der Waals surface area contributed by atoms with E-state index in [4.69, 9.17) is 4.74 Å². The van der Waals surface area contributed by atoms with E-state index in [-0.39, 0.29) is 6.10 Å². The molecular formula is C14H23N3O. The van der Waals surface area contributed by atoms with E-state index in [1.54, 1.807) is 0 Å². The van der Waals surface area contributed by atoms with Crippen LogP contribution in [0.4, 0.5) is 0 Å². The fourth-order valence-corrected chi connectivity index (χ4v) is 2.54. The number of hydrogen-bond acceptors (Lipinski definition) is 4. The average molecular weight is 249 g/mol. The molecule has 18 heavy (non-hydrogen) atoms. The van der Waals surface area contributed by atoms with Crippen LogP contribution < -0.4 is 5.32 Å². The van der Waals surface area contributed by atoms with Crippen molar-refractivity contribution in [3.8, 4) is 0 Å². The van der Waals surface area contributed by atoms with Crippen LogP contribution in [0.2, 0.25) is 0 Å². The Balaban J connectivity index is 2.21. The average Bonchev–Trinajstić information content (AvgIpc) is 2.38. The summed E-state index contributed by atoms with van der Waals surface area (Å²) in [5.41, 5.74) is 2.57. The number of nitrogens with zero attached hydrogens (tertiary/aromatic N) is 2. The number of aromatic nitrogens is 1. The van der Waals surface area contributed by atoms with Crippen molar-refractivity contribution in [1.29, 1.82) is 0 Å². The fraction of sp³-hybridized carbons (Fsp3) is 0.643. The zero-order valence-corrected chi connectivity index (χ0v) is 11.5. The van der Waals surface area contributed by atoms with E-state index < -0.39 is 0 Å². The van der Waals surface area contributed by atoms with Crippen LogP contribution in [0.15, 0.2) is 18.5 Å². The predicted octanol–water partition coefficient (Wildman–Crippen LogP) is 1.37. The first-order chi connectivity index (χ1) is 8.74. The van der Waals surface area contributed by atoms with Crippen molar-refractivity contribution >= 4 is 0 Å². The Kier molecular flexibility index (Phi) is 4.69. The third kappa shape index (κ3) is 2.88. The summed E-state index contributed by atoms with van der Waals surface area (Å²) < 4.78 is 5.94. The van der Waals surface area contributed by atoms with E-state index in [0.717, 1.165) is 26.2 Å². The molecule has 0 aliphatic carbocycles. The molecule has 2 unspecified atom stereocenters. The minimum atomic E-state index is 0.201. The monoisotopic (exact) mass is 249 g/mol. The number of nitrogens with one attached hydrogen (secondary N) is 1. The molecule has 1 N–H and O–H groups in total. The second kappa shape index (κ2) is 6.27. The van der Waals surface area contributed by atoms with Gasteiger partial charge >= 0.3 is 0 Å². The molecule has 2 heterocycles. The molecule has 0 amide bonds. The topological polar surface area (TPSA) is 37.4 Å². The standard InChI is InChI=1S/C14H23N3O/c1-4-15-10-13-14(17(3)7-8-18-13)12-9-16-6-5-11(12)2/h5-6,9,13-15H,4,7-8,10H2,1-3H3. The summed E-state index contributed by atoms with van der Waals surface area (Å²) in [5, 5.41) is 3.39. The summed E-state index contributed by atoms with van der Waals surface area (Å²) in [4.78, 5) is 6.64. The number of pyridine rings is 1. The molecule has 1 aromatic heterocycles.